The topological polar surface area (TPSA) is 64.3 Å². The Morgan fingerprint density at radius 1 is 1.33 bits per heavy atom. The first-order valence-corrected chi connectivity index (χ1v) is 8.01. The Balaban J connectivity index is 1.90. The molecular formula is C15H23ClN4O. The largest absolute Gasteiger partial charge is 0.381 e. The van der Waals surface area contributed by atoms with Gasteiger partial charge in [-0.25, -0.2) is 4.98 Å². The van der Waals surface area contributed by atoms with Gasteiger partial charge < -0.3 is 15.4 Å². The number of halogens is 1. The van der Waals surface area contributed by atoms with Gasteiger partial charge in [0.05, 0.1) is 11.8 Å². The smallest absolute Gasteiger partial charge is 0.222 e. The number of nitrogens with two attached hydrogens (primary N) is 1. The van der Waals surface area contributed by atoms with Crippen molar-refractivity contribution in [2.24, 2.45) is 5.41 Å². The number of piperidine rings is 1. The number of ether oxygens (including phenoxy) is 1. The summed E-state index contributed by atoms with van der Waals surface area (Å²) in [5, 5.41) is 0.619. The Morgan fingerprint density at radius 2 is 2.10 bits per heavy atom. The molecule has 2 atom stereocenters. The predicted octanol–water partition coefficient (Wildman–Crippen LogP) is 2.81. The number of hydrogen-bond donors (Lipinski definition) is 1. The summed E-state index contributed by atoms with van der Waals surface area (Å²) in [4.78, 5) is 10.8. The first-order valence-electron chi connectivity index (χ1n) is 7.63. The molecule has 5 nitrogen and oxygen atoms in total. The maximum absolute atomic E-state index is 6.41. The Bertz CT molecular complexity index is 539. The summed E-state index contributed by atoms with van der Waals surface area (Å²) in [6.07, 6.45) is 6.32. The monoisotopic (exact) mass is 310 g/mol. The molecule has 2 N–H and O–H groups in total. The second-order valence-corrected chi connectivity index (χ2v) is 6.69. The number of nitrogens with zero attached hydrogens (tertiary/aromatic N) is 3. The Labute approximate surface area is 130 Å². The normalized spacial score (nSPS) is 29.3. The molecule has 21 heavy (non-hydrogen) atoms. The minimum absolute atomic E-state index is 0.240. The second-order valence-electron chi connectivity index (χ2n) is 6.31. The molecular weight excluding hydrogens is 288 g/mol. The van der Waals surface area contributed by atoms with Crippen LogP contribution in [0.3, 0.4) is 0 Å². The van der Waals surface area contributed by atoms with Gasteiger partial charge in [0.15, 0.2) is 5.82 Å². The molecule has 1 saturated heterocycles. The van der Waals surface area contributed by atoms with Crippen molar-refractivity contribution in [1.82, 2.24) is 9.97 Å². The summed E-state index contributed by atoms with van der Waals surface area (Å²) < 4.78 is 5.75. The molecule has 0 bridgehead atoms. The van der Waals surface area contributed by atoms with Gasteiger partial charge in [0.1, 0.15) is 5.02 Å². The average Bonchev–Trinajstić information content (AvgIpc) is 2.85. The van der Waals surface area contributed by atoms with Crippen molar-refractivity contribution in [3.63, 3.8) is 0 Å². The molecule has 3 rings (SSSR count). The van der Waals surface area contributed by atoms with Crippen LogP contribution < -0.4 is 10.6 Å². The van der Waals surface area contributed by atoms with Gasteiger partial charge >= 0.3 is 0 Å². The van der Waals surface area contributed by atoms with E-state index in [0.717, 1.165) is 37.4 Å². The Hall–Kier alpha value is -1.07. The average molecular weight is 311 g/mol. The van der Waals surface area contributed by atoms with Gasteiger partial charge in [0.2, 0.25) is 5.95 Å². The molecule has 2 heterocycles. The zero-order valence-electron chi connectivity index (χ0n) is 12.7. The number of hydrogen-bond acceptors (Lipinski definition) is 5. The van der Waals surface area contributed by atoms with Crippen LogP contribution in [0.2, 0.25) is 5.02 Å². The minimum atomic E-state index is 0.240. The van der Waals surface area contributed by atoms with E-state index in [0.29, 0.717) is 17.1 Å². The van der Waals surface area contributed by atoms with E-state index in [9.17, 15) is 0 Å². The van der Waals surface area contributed by atoms with E-state index in [4.69, 9.17) is 22.1 Å². The summed E-state index contributed by atoms with van der Waals surface area (Å²) in [5.74, 6) is 1.07. The molecule has 2 fully saturated rings. The SMILES string of the molecule is CO[C@@H]1CCC[C@]12CCCN(c1nc(N)nc(C)c1Cl)C2. The number of anilines is 2. The summed E-state index contributed by atoms with van der Waals surface area (Å²) >= 11 is 6.41. The van der Waals surface area contributed by atoms with Crippen LogP contribution in [0.4, 0.5) is 11.8 Å². The molecule has 1 aliphatic carbocycles. The highest BCUT2D eigenvalue weighted by Crippen LogP contribution is 2.47. The van der Waals surface area contributed by atoms with Crippen LogP contribution in [0.15, 0.2) is 0 Å². The Kier molecular flexibility index (Phi) is 3.97. The van der Waals surface area contributed by atoms with E-state index in [1.165, 1.54) is 19.3 Å². The molecule has 2 aliphatic rings. The van der Waals surface area contributed by atoms with Crippen LogP contribution in [0.1, 0.15) is 37.8 Å². The number of rotatable bonds is 2. The molecule has 1 saturated carbocycles. The molecule has 0 aromatic carbocycles. The van der Waals surface area contributed by atoms with Crippen LogP contribution >= 0.6 is 11.6 Å². The first kappa shape index (κ1) is 14.9. The fraction of sp³-hybridized carbons (Fsp3) is 0.733. The number of methoxy groups -OCH3 is 1. The van der Waals surface area contributed by atoms with Crippen LogP contribution in [0.5, 0.6) is 0 Å². The molecule has 0 radical (unpaired) electrons. The molecule has 1 aromatic heterocycles. The van der Waals surface area contributed by atoms with E-state index in [2.05, 4.69) is 14.9 Å². The maximum atomic E-state index is 6.41. The van der Waals surface area contributed by atoms with E-state index in [1.807, 2.05) is 14.0 Å². The van der Waals surface area contributed by atoms with Crippen LogP contribution in [0.25, 0.3) is 0 Å². The number of aryl methyl sites for hydroxylation is 1. The van der Waals surface area contributed by atoms with E-state index >= 15 is 0 Å². The second kappa shape index (κ2) is 5.61. The molecule has 0 amide bonds. The molecule has 116 valence electrons. The third-order valence-electron chi connectivity index (χ3n) is 5.03. The first-order chi connectivity index (χ1) is 10.1. The summed E-state index contributed by atoms with van der Waals surface area (Å²) in [5.41, 5.74) is 6.79. The van der Waals surface area contributed by atoms with Crippen molar-refractivity contribution in [2.45, 2.75) is 45.1 Å². The highest BCUT2D eigenvalue weighted by atomic mass is 35.5. The highest BCUT2D eigenvalue weighted by molar-refractivity contribution is 6.33. The fourth-order valence-electron chi connectivity index (χ4n) is 4.06. The predicted molar refractivity (Wildman–Crippen MR) is 84.7 cm³/mol. The molecule has 0 unspecified atom stereocenters. The van der Waals surface area contributed by atoms with Gasteiger partial charge in [-0.05, 0) is 32.6 Å². The third kappa shape index (κ3) is 2.57. The quantitative estimate of drug-likeness (QED) is 0.910. The van der Waals surface area contributed by atoms with Gasteiger partial charge in [-0.15, -0.1) is 0 Å². The van der Waals surface area contributed by atoms with Gasteiger partial charge in [0.25, 0.3) is 0 Å². The molecule has 6 heteroatoms. The standard InChI is InChI=1S/C15H23ClN4O/c1-10-12(16)13(19-14(17)18-10)20-8-4-7-15(9-20)6-3-5-11(15)21-2/h11H,3-9H2,1-2H3,(H2,17,18,19)/t11-,15-/m1/s1. The maximum Gasteiger partial charge on any atom is 0.222 e. The lowest BCUT2D eigenvalue weighted by atomic mass is 9.76. The van der Waals surface area contributed by atoms with E-state index in [-0.39, 0.29) is 5.41 Å². The molecule has 1 aromatic rings. The zero-order chi connectivity index (χ0) is 15.0. The van der Waals surface area contributed by atoms with Gasteiger partial charge in [-0.1, -0.05) is 18.0 Å². The minimum Gasteiger partial charge on any atom is -0.381 e. The van der Waals surface area contributed by atoms with Crippen molar-refractivity contribution >= 4 is 23.4 Å². The van der Waals surface area contributed by atoms with Gasteiger partial charge in [0, 0.05) is 25.6 Å². The third-order valence-corrected chi connectivity index (χ3v) is 5.48. The zero-order valence-corrected chi connectivity index (χ0v) is 13.5. The van der Waals surface area contributed by atoms with Gasteiger partial charge in [-0.3, -0.25) is 0 Å². The van der Waals surface area contributed by atoms with Crippen molar-refractivity contribution in [2.75, 3.05) is 30.8 Å². The number of nitrogen functional groups attached to an aromatic ring is 1. The lowest BCUT2D eigenvalue weighted by Gasteiger charge is -2.44. The van der Waals surface area contributed by atoms with Crippen LogP contribution in [-0.4, -0.2) is 36.3 Å². The van der Waals surface area contributed by atoms with Crippen LogP contribution in [0, 0.1) is 12.3 Å². The summed E-state index contributed by atoms with van der Waals surface area (Å²) in [7, 11) is 1.83. The Morgan fingerprint density at radius 3 is 2.86 bits per heavy atom. The molecule has 1 spiro atoms. The lowest BCUT2D eigenvalue weighted by Crippen LogP contribution is -2.48. The highest BCUT2D eigenvalue weighted by Gasteiger charge is 2.46. The van der Waals surface area contributed by atoms with Crippen molar-refractivity contribution < 1.29 is 4.74 Å². The summed E-state index contributed by atoms with van der Waals surface area (Å²) in [6, 6.07) is 0. The van der Waals surface area contributed by atoms with Crippen molar-refractivity contribution in [1.29, 1.82) is 0 Å². The lowest BCUT2D eigenvalue weighted by molar-refractivity contribution is 0.00216. The summed E-state index contributed by atoms with van der Waals surface area (Å²) in [6.45, 7) is 3.78. The van der Waals surface area contributed by atoms with E-state index < -0.39 is 0 Å². The van der Waals surface area contributed by atoms with E-state index in [1.54, 1.807) is 0 Å². The fourth-order valence-corrected chi connectivity index (χ4v) is 4.26. The van der Waals surface area contributed by atoms with Crippen LogP contribution in [-0.2, 0) is 4.74 Å². The molecule has 1 aliphatic heterocycles. The van der Waals surface area contributed by atoms with Gasteiger partial charge in [-0.2, -0.15) is 4.98 Å². The van der Waals surface area contributed by atoms with Crippen molar-refractivity contribution in [3.8, 4) is 0 Å². The number of aromatic nitrogens is 2. The van der Waals surface area contributed by atoms with Crippen molar-refractivity contribution in [3.05, 3.63) is 10.7 Å².